The van der Waals surface area contributed by atoms with Crippen LogP contribution in [0.4, 0.5) is 0 Å². The predicted octanol–water partition coefficient (Wildman–Crippen LogP) is 1.22. The Hall–Kier alpha value is -0.610. The van der Waals surface area contributed by atoms with Crippen molar-refractivity contribution in [3.05, 3.63) is 0 Å². The van der Waals surface area contributed by atoms with Crippen molar-refractivity contribution in [3.8, 4) is 0 Å². The van der Waals surface area contributed by atoms with Gasteiger partial charge in [0.05, 0.1) is 12.5 Å². The van der Waals surface area contributed by atoms with Crippen LogP contribution in [0, 0.1) is 0 Å². The lowest BCUT2D eigenvalue weighted by Crippen LogP contribution is -2.37. The second-order valence-corrected chi connectivity index (χ2v) is 4.38. The number of hydrogen-bond donors (Lipinski definition) is 2. The number of carbonyl (C=O) groups is 1. The summed E-state index contributed by atoms with van der Waals surface area (Å²) in [6.45, 7) is 2.92. The van der Waals surface area contributed by atoms with E-state index < -0.39 is 0 Å². The summed E-state index contributed by atoms with van der Waals surface area (Å²) in [7, 11) is 0. The summed E-state index contributed by atoms with van der Waals surface area (Å²) in [5.41, 5.74) is 0. The van der Waals surface area contributed by atoms with E-state index in [0.717, 1.165) is 32.3 Å². The Balaban J connectivity index is 2.22. The lowest BCUT2D eigenvalue weighted by atomic mass is 10.1. The SMILES string of the molecule is CCC(CCO)NC(=O)CC1CCCCO1. The third-order valence-corrected chi connectivity index (χ3v) is 3.02. The van der Waals surface area contributed by atoms with Crippen LogP contribution in [-0.2, 0) is 9.53 Å². The van der Waals surface area contributed by atoms with E-state index in [0.29, 0.717) is 12.8 Å². The number of nitrogens with one attached hydrogen (secondary N) is 1. The topological polar surface area (TPSA) is 58.6 Å². The van der Waals surface area contributed by atoms with E-state index in [1.165, 1.54) is 0 Å². The summed E-state index contributed by atoms with van der Waals surface area (Å²) < 4.78 is 5.51. The summed E-state index contributed by atoms with van der Waals surface area (Å²) in [5, 5.41) is 11.8. The van der Waals surface area contributed by atoms with Crippen molar-refractivity contribution >= 4 is 5.91 Å². The molecule has 2 unspecified atom stereocenters. The van der Waals surface area contributed by atoms with Crippen LogP contribution in [0.3, 0.4) is 0 Å². The molecule has 1 saturated heterocycles. The van der Waals surface area contributed by atoms with Gasteiger partial charge in [-0.2, -0.15) is 0 Å². The molecule has 1 rings (SSSR count). The van der Waals surface area contributed by atoms with Crippen LogP contribution < -0.4 is 5.32 Å². The van der Waals surface area contributed by atoms with Gasteiger partial charge in [0.2, 0.25) is 5.91 Å². The first-order valence-corrected chi connectivity index (χ1v) is 6.28. The van der Waals surface area contributed by atoms with Crippen LogP contribution in [0.1, 0.15) is 45.4 Å². The summed E-state index contributed by atoms with van der Waals surface area (Å²) in [4.78, 5) is 11.7. The number of carbonyl (C=O) groups excluding carboxylic acids is 1. The molecule has 4 heteroatoms. The first-order chi connectivity index (χ1) is 7.76. The number of amides is 1. The minimum atomic E-state index is 0.0483. The predicted molar refractivity (Wildman–Crippen MR) is 62.1 cm³/mol. The molecule has 0 radical (unpaired) electrons. The largest absolute Gasteiger partial charge is 0.396 e. The fraction of sp³-hybridized carbons (Fsp3) is 0.917. The number of hydrogen-bond acceptors (Lipinski definition) is 3. The van der Waals surface area contributed by atoms with Crippen molar-refractivity contribution in [2.24, 2.45) is 0 Å². The van der Waals surface area contributed by atoms with Crippen LogP contribution in [0.15, 0.2) is 0 Å². The highest BCUT2D eigenvalue weighted by molar-refractivity contribution is 5.76. The molecule has 0 saturated carbocycles. The molecule has 0 aromatic heterocycles. The van der Waals surface area contributed by atoms with Gasteiger partial charge >= 0.3 is 0 Å². The quantitative estimate of drug-likeness (QED) is 0.720. The van der Waals surface area contributed by atoms with Crippen molar-refractivity contribution < 1.29 is 14.6 Å². The fourth-order valence-electron chi connectivity index (χ4n) is 2.00. The molecule has 1 fully saturated rings. The Labute approximate surface area is 97.4 Å². The first-order valence-electron chi connectivity index (χ1n) is 6.28. The van der Waals surface area contributed by atoms with Gasteiger partial charge < -0.3 is 15.2 Å². The minimum Gasteiger partial charge on any atom is -0.396 e. The van der Waals surface area contributed by atoms with Crippen molar-refractivity contribution in [3.63, 3.8) is 0 Å². The van der Waals surface area contributed by atoms with Gasteiger partial charge in [0, 0.05) is 19.3 Å². The van der Waals surface area contributed by atoms with E-state index in [9.17, 15) is 4.79 Å². The second kappa shape index (κ2) is 7.63. The number of aliphatic hydroxyl groups is 1. The van der Waals surface area contributed by atoms with Crippen molar-refractivity contribution in [2.75, 3.05) is 13.2 Å². The third-order valence-electron chi connectivity index (χ3n) is 3.02. The summed E-state index contributed by atoms with van der Waals surface area (Å²) in [5.74, 6) is 0.0483. The Kier molecular flexibility index (Phi) is 6.42. The highest BCUT2D eigenvalue weighted by Gasteiger charge is 2.18. The Morgan fingerprint density at radius 2 is 2.38 bits per heavy atom. The molecule has 1 heterocycles. The maximum Gasteiger partial charge on any atom is 0.222 e. The van der Waals surface area contributed by atoms with Gasteiger partial charge in [-0.25, -0.2) is 0 Å². The average Bonchev–Trinajstić information content (AvgIpc) is 2.29. The normalized spacial score (nSPS) is 22.8. The average molecular weight is 229 g/mol. The van der Waals surface area contributed by atoms with Crippen molar-refractivity contribution in [2.45, 2.75) is 57.6 Å². The highest BCUT2D eigenvalue weighted by Crippen LogP contribution is 2.15. The smallest absolute Gasteiger partial charge is 0.222 e. The Morgan fingerprint density at radius 1 is 1.56 bits per heavy atom. The van der Waals surface area contributed by atoms with Gasteiger partial charge in [0.1, 0.15) is 0 Å². The molecule has 0 spiro atoms. The maximum atomic E-state index is 11.7. The molecule has 2 atom stereocenters. The molecule has 0 aromatic carbocycles. The monoisotopic (exact) mass is 229 g/mol. The molecule has 94 valence electrons. The molecule has 0 aliphatic carbocycles. The zero-order valence-electron chi connectivity index (χ0n) is 10.1. The van der Waals surface area contributed by atoms with E-state index in [2.05, 4.69) is 5.32 Å². The lowest BCUT2D eigenvalue weighted by Gasteiger charge is -2.23. The van der Waals surface area contributed by atoms with Crippen molar-refractivity contribution in [1.29, 1.82) is 0 Å². The third kappa shape index (κ3) is 4.94. The number of rotatable bonds is 6. The summed E-state index contributed by atoms with van der Waals surface area (Å²) in [6.07, 6.45) is 5.31. The minimum absolute atomic E-state index is 0.0483. The number of aliphatic hydroxyl groups excluding tert-OH is 1. The molecule has 1 aliphatic heterocycles. The van der Waals surface area contributed by atoms with E-state index in [1.807, 2.05) is 6.92 Å². The van der Waals surface area contributed by atoms with Gasteiger partial charge in [-0.3, -0.25) is 4.79 Å². The van der Waals surface area contributed by atoms with Gasteiger partial charge in [0.15, 0.2) is 0 Å². The fourth-order valence-corrected chi connectivity index (χ4v) is 2.00. The second-order valence-electron chi connectivity index (χ2n) is 4.38. The van der Waals surface area contributed by atoms with Gasteiger partial charge in [-0.05, 0) is 32.1 Å². The van der Waals surface area contributed by atoms with Crippen LogP contribution in [0.2, 0.25) is 0 Å². The first kappa shape index (κ1) is 13.5. The van der Waals surface area contributed by atoms with E-state index in [-0.39, 0.29) is 24.7 Å². The van der Waals surface area contributed by atoms with E-state index >= 15 is 0 Å². The highest BCUT2D eigenvalue weighted by atomic mass is 16.5. The number of ether oxygens (including phenoxy) is 1. The zero-order valence-corrected chi connectivity index (χ0v) is 10.1. The molecule has 2 N–H and O–H groups in total. The van der Waals surface area contributed by atoms with E-state index in [4.69, 9.17) is 9.84 Å². The van der Waals surface area contributed by atoms with Crippen LogP contribution in [0.5, 0.6) is 0 Å². The van der Waals surface area contributed by atoms with Crippen molar-refractivity contribution in [1.82, 2.24) is 5.32 Å². The summed E-state index contributed by atoms with van der Waals surface area (Å²) >= 11 is 0. The molecule has 16 heavy (non-hydrogen) atoms. The lowest BCUT2D eigenvalue weighted by molar-refractivity contribution is -0.125. The molecule has 0 aromatic rings. The molecule has 1 aliphatic rings. The van der Waals surface area contributed by atoms with Gasteiger partial charge in [-0.1, -0.05) is 6.92 Å². The van der Waals surface area contributed by atoms with Crippen LogP contribution in [-0.4, -0.2) is 36.4 Å². The van der Waals surface area contributed by atoms with Gasteiger partial charge in [0.25, 0.3) is 0 Å². The van der Waals surface area contributed by atoms with E-state index in [1.54, 1.807) is 0 Å². The zero-order chi connectivity index (χ0) is 11.8. The molecular formula is C12H23NO3. The molecular weight excluding hydrogens is 206 g/mol. The Morgan fingerprint density at radius 3 is 2.94 bits per heavy atom. The maximum absolute atomic E-state index is 11.7. The van der Waals surface area contributed by atoms with Gasteiger partial charge in [-0.15, -0.1) is 0 Å². The van der Waals surface area contributed by atoms with Crippen LogP contribution >= 0.6 is 0 Å². The molecule has 0 bridgehead atoms. The summed E-state index contributed by atoms with van der Waals surface area (Å²) in [6, 6.07) is 0.0982. The standard InChI is InChI=1S/C12H23NO3/c1-2-10(6-7-14)13-12(15)9-11-5-3-4-8-16-11/h10-11,14H,2-9H2,1H3,(H,13,15). The Bertz CT molecular complexity index is 194. The molecule has 4 nitrogen and oxygen atoms in total. The van der Waals surface area contributed by atoms with Crippen LogP contribution in [0.25, 0.3) is 0 Å². The molecule has 1 amide bonds.